The molecule has 0 atom stereocenters. The van der Waals surface area contributed by atoms with Crippen LogP contribution in [0, 0.1) is 16.7 Å². The second-order valence-electron chi connectivity index (χ2n) is 7.39. The number of hydrogen-bond acceptors (Lipinski definition) is 2. The third-order valence-electron chi connectivity index (χ3n) is 5.76. The number of carbonyl (C=O) groups excluding carboxylic acids is 1. The molecule has 1 saturated heterocycles. The molecule has 19 heavy (non-hydrogen) atoms. The number of piperidine rings is 1. The zero-order chi connectivity index (χ0) is 14.3. The number of nitrogens with zero attached hydrogens (tertiary/aromatic N) is 1. The fourth-order valence-electron chi connectivity index (χ4n) is 3.81. The summed E-state index contributed by atoms with van der Waals surface area (Å²) in [7, 11) is 0. The predicted octanol–water partition coefficient (Wildman–Crippen LogP) is 2.66. The summed E-state index contributed by atoms with van der Waals surface area (Å²) >= 11 is 0. The maximum absolute atomic E-state index is 12.9. The molecule has 0 aromatic heterocycles. The smallest absolute Gasteiger partial charge is 0.227 e. The number of carbonyl (C=O) groups is 1. The lowest BCUT2D eigenvalue weighted by Crippen LogP contribution is -2.47. The van der Waals surface area contributed by atoms with E-state index >= 15 is 0 Å². The Bertz CT molecular complexity index is 329. The van der Waals surface area contributed by atoms with Gasteiger partial charge in [0.1, 0.15) is 0 Å². The molecule has 2 aliphatic rings. The average Bonchev–Trinajstić information content (AvgIpc) is 2.77. The molecular formula is C16H30N2O. The number of amides is 1. The van der Waals surface area contributed by atoms with Crippen molar-refractivity contribution in [2.45, 2.75) is 59.9 Å². The molecule has 1 aliphatic carbocycles. The first-order chi connectivity index (χ1) is 8.84. The van der Waals surface area contributed by atoms with Crippen LogP contribution in [0.4, 0.5) is 0 Å². The molecule has 1 N–H and O–H groups in total. The first-order valence-electron chi connectivity index (χ1n) is 7.85. The molecule has 2 rings (SSSR count). The van der Waals surface area contributed by atoms with E-state index in [0.717, 1.165) is 38.9 Å². The second-order valence-corrected chi connectivity index (χ2v) is 7.39. The molecule has 110 valence electrons. The molecule has 1 saturated carbocycles. The van der Waals surface area contributed by atoms with Gasteiger partial charge in [-0.15, -0.1) is 0 Å². The van der Waals surface area contributed by atoms with Gasteiger partial charge in [-0.1, -0.05) is 34.6 Å². The molecule has 3 nitrogen and oxygen atoms in total. The highest BCUT2D eigenvalue weighted by Crippen LogP contribution is 2.68. The third-order valence-corrected chi connectivity index (χ3v) is 5.76. The third kappa shape index (κ3) is 2.42. The van der Waals surface area contributed by atoms with Gasteiger partial charge in [-0.2, -0.15) is 0 Å². The fraction of sp³-hybridized carbons (Fsp3) is 0.938. The van der Waals surface area contributed by atoms with Gasteiger partial charge in [0.05, 0.1) is 0 Å². The van der Waals surface area contributed by atoms with Crippen LogP contribution < -0.4 is 5.32 Å². The van der Waals surface area contributed by atoms with Crippen molar-refractivity contribution in [2.24, 2.45) is 16.7 Å². The Hall–Kier alpha value is -0.570. The van der Waals surface area contributed by atoms with Crippen LogP contribution >= 0.6 is 0 Å². The summed E-state index contributed by atoms with van der Waals surface area (Å²) in [6.07, 6.45) is 3.28. The Morgan fingerprint density at radius 2 is 1.68 bits per heavy atom. The highest BCUT2D eigenvalue weighted by atomic mass is 16.2. The molecule has 1 amide bonds. The molecule has 2 fully saturated rings. The van der Waals surface area contributed by atoms with Crippen molar-refractivity contribution in [3.05, 3.63) is 0 Å². The lowest BCUT2D eigenvalue weighted by Gasteiger charge is -2.35. The molecule has 3 heteroatoms. The minimum absolute atomic E-state index is 0.156. The highest BCUT2D eigenvalue weighted by molar-refractivity contribution is 5.84. The van der Waals surface area contributed by atoms with Gasteiger partial charge in [-0.3, -0.25) is 4.79 Å². The van der Waals surface area contributed by atoms with Crippen LogP contribution in [0.3, 0.4) is 0 Å². The van der Waals surface area contributed by atoms with E-state index in [2.05, 4.69) is 44.8 Å². The van der Waals surface area contributed by atoms with Crippen molar-refractivity contribution in [1.82, 2.24) is 10.2 Å². The Morgan fingerprint density at radius 1 is 1.16 bits per heavy atom. The predicted molar refractivity (Wildman–Crippen MR) is 78.9 cm³/mol. The number of nitrogens with one attached hydrogen (secondary N) is 1. The SMILES string of the molecule is CCCN(C(=O)C1C(C)(C)C1(C)C)C1CCNCC1. The minimum Gasteiger partial charge on any atom is -0.339 e. The lowest BCUT2D eigenvalue weighted by atomic mass is 10.0. The Kier molecular flexibility index (Phi) is 3.97. The van der Waals surface area contributed by atoms with E-state index in [1.807, 2.05) is 0 Å². The largest absolute Gasteiger partial charge is 0.339 e. The zero-order valence-corrected chi connectivity index (χ0v) is 13.3. The van der Waals surface area contributed by atoms with Gasteiger partial charge in [-0.05, 0) is 43.2 Å². The van der Waals surface area contributed by atoms with Gasteiger partial charge >= 0.3 is 0 Å². The summed E-state index contributed by atoms with van der Waals surface area (Å²) in [5.41, 5.74) is 0.311. The monoisotopic (exact) mass is 266 g/mol. The zero-order valence-electron chi connectivity index (χ0n) is 13.3. The second kappa shape index (κ2) is 5.08. The first kappa shape index (κ1) is 14.8. The van der Waals surface area contributed by atoms with Crippen LogP contribution in [-0.2, 0) is 4.79 Å². The van der Waals surface area contributed by atoms with Gasteiger partial charge in [0.2, 0.25) is 5.91 Å². The molecule has 0 unspecified atom stereocenters. The van der Waals surface area contributed by atoms with E-state index in [1.54, 1.807) is 0 Å². The standard InChI is InChI=1S/C16H30N2O/c1-6-11-18(12-7-9-17-10-8-12)14(19)13-15(2,3)16(13,4)5/h12-13,17H,6-11H2,1-5H3. The Balaban J connectivity index is 2.09. The van der Waals surface area contributed by atoms with Crippen molar-refractivity contribution in [2.75, 3.05) is 19.6 Å². The van der Waals surface area contributed by atoms with Gasteiger partial charge < -0.3 is 10.2 Å². The quantitative estimate of drug-likeness (QED) is 0.848. The Morgan fingerprint density at radius 3 is 2.11 bits per heavy atom. The minimum atomic E-state index is 0.156. The first-order valence-corrected chi connectivity index (χ1v) is 7.85. The van der Waals surface area contributed by atoms with Crippen LogP contribution in [0.25, 0.3) is 0 Å². The van der Waals surface area contributed by atoms with Gasteiger partial charge in [0, 0.05) is 18.5 Å². The van der Waals surface area contributed by atoms with Crippen LogP contribution in [0.1, 0.15) is 53.9 Å². The van der Waals surface area contributed by atoms with E-state index in [-0.39, 0.29) is 16.7 Å². The van der Waals surface area contributed by atoms with Gasteiger partial charge in [0.25, 0.3) is 0 Å². The van der Waals surface area contributed by atoms with E-state index in [1.165, 1.54) is 0 Å². The lowest BCUT2D eigenvalue weighted by molar-refractivity contribution is -0.136. The maximum atomic E-state index is 12.9. The summed E-state index contributed by atoms with van der Waals surface area (Å²) in [6, 6.07) is 0.459. The molecule has 0 aromatic rings. The fourth-order valence-corrected chi connectivity index (χ4v) is 3.81. The number of hydrogen-bond donors (Lipinski definition) is 1. The van der Waals surface area contributed by atoms with Gasteiger partial charge in [0.15, 0.2) is 0 Å². The van der Waals surface area contributed by atoms with Crippen molar-refractivity contribution >= 4 is 5.91 Å². The molecule has 0 spiro atoms. The normalized spacial score (nSPS) is 26.2. The van der Waals surface area contributed by atoms with E-state index in [0.29, 0.717) is 11.9 Å². The molecule has 0 radical (unpaired) electrons. The molecule has 1 aliphatic heterocycles. The Labute approximate surface area is 118 Å². The van der Waals surface area contributed by atoms with Crippen molar-refractivity contribution in [3.8, 4) is 0 Å². The molecule has 0 bridgehead atoms. The summed E-state index contributed by atoms with van der Waals surface area (Å²) in [5.74, 6) is 0.616. The van der Waals surface area contributed by atoms with Crippen LogP contribution in [0.15, 0.2) is 0 Å². The van der Waals surface area contributed by atoms with Crippen LogP contribution in [0.2, 0.25) is 0 Å². The van der Waals surface area contributed by atoms with Crippen molar-refractivity contribution in [1.29, 1.82) is 0 Å². The molecule has 1 heterocycles. The van der Waals surface area contributed by atoms with Gasteiger partial charge in [-0.25, -0.2) is 0 Å². The van der Waals surface area contributed by atoms with Crippen LogP contribution in [-0.4, -0.2) is 36.5 Å². The summed E-state index contributed by atoms with van der Waals surface area (Å²) < 4.78 is 0. The summed E-state index contributed by atoms with van der Waals surface area (Å²) in [6.45, 7) is 14.1. The van der Waals surface area contributed by atoms with Crippen LogP contribution in [0.5, 0.6) is 0 Å². The summed E-state index contributed by atoms with van der Waals surface area (Å²) in [4.78, 5) is 15.1. The van der Waals surface area contributed by atoms with E-state index < -0.39 is 0 Å². The van der Waals surface area contributed by atoms with Crippen molar-refractivity contribution < 1.29 is 4.79 Å². The summed E-state index contributed by atoms with van der Waals surface area (Å²) in [5, 5.41) is 3.39. The number of rotatable bonds is 4. The molecule has 0 aromatic carbocycles. The van der Waals surface area contributed by atoms with Crippen molar-refractivity contribution in [3.63, 3.8) is 0 Å². The molecular weight excluding hydrogens is 236 g/mol. The van der Waals surface area contributed by atoms with E-state index in [4.69, 9.17) is 0 Å². The van der Waals surface area contributed by atoms with E-state index in [9.17, 15) is 4.79 Å². The highest BCUT2D eigenvalue weighted by Gasteiger charge is 2.69. The average molecular weight is 266 g/mol. The maximum Gasteiger partial charge on any atom is 0.227 e. The topological polar surface area (TPSA) is 32.3 Å².